The number of methoxy groups -OCH3 is 1. The number of benzene rings is 2. The topological polar surface area (TPSA) is 92.7 Å². The van der Waals surface area contributed by atoms with E-state index in [1.807, 2.05) is 0 Å². The van der Waals surface area contributed by atoms with E-state index in [1.54, 1.807) is 24.3 Å². The third-order valence-corrected chi connectivity index (χ3v) is 5.51. The minimum absolute atomic E-state index is 0.0321. The number of carboxylic acid groups (broad SMARTS) is 1. The number of esters is 2. The molecule has 1 saturated carbocycles. The van der Waals surface area contributed by atoms with Crippen LogP contribution in [0.5, 0.6) is 0 Å². The van der Waals surface area contributed by atoms with Crippen molar-refractivity contribution in [2.24, 2.45) is 5.92 Å². The Labute approximate surface area is 167 Å². The van der Waals surface area contributed by atoms with E-state index in [1.165, 1.54) is 19.2 Å². The van der Waals surface area contributed by atoms with Crippen molar-refractivity contribution in [1.82, 2.24) is 0 Å². The van der Waals surface area contributed by atoms with Gasteiger partial charge in [0.05, 0.1) is 24.2 Å². The fourth-order valence-electron chi connectivity index (χ4n) is 3.89. The van der Waals surface area contributed by atoms with E-state index >= 15 is 0 Å². The van der Waals surface area contributed by atoms with Gasteiger partial charge in [0.25, 0.3) is 0 Å². The summed E-state index contributed by atoms with van der Waals surface area (Å²) < 4.78 is 25.1. The van der Waals surface area contributed by atoms with Crippen LogP contribution in [0.25, 0.3) is 10.8 Å². The first-order valence-corrected chi connectivity index (χ1v) is 9.48. The van der Waals surface area contributed by atoms with Gasteiger partial charge in [-0.1, -0.05) is 37.1 Å². The van der Waals surface area contributed by atoms with Gasteiger partial charge in [0.1, 0.15) is 6.10 Å². The minimum Gasteiger partial charge on any atom is -0.547 e. The Morgan fingerprint density at radius 2 is 1.59 bits per heavy atom. The number of hydrogen-bond acceptors (Lipinski definition) is 6. The normalized spacial score (nSPS) is 17.5. The van der Waals surface area contributed by atoms with Crippen LogP contribution < -0.4 is 5.11 Å². The maximum absolute atomic E-state index is 15.0. The van der Waals surface area contributed by atoms with Gasteiger partial charge in [-0.15, -0.1) is 0 Å². The number of rotatable bonds is 6. The van der Waals surface area contributed by atoms with E-state index in [0.717, 1.165) is 19.8 Å². The van der Waals surface area contributed by atoms with E-state index < -0.39 is 35.6 Å². The number of halogens is 1. The van der Waals surface area contributed by atoms with Gasteiger partial charge in [-0.25, -0.2) is 14.0 Å². The van der Waals surface area contributed by atoms with Crippen LogP contribution in [0.1, 0.15) is 53.3 Å². The van der Waals surface area contributed by atoms with Crippen molar-refractivity contribution in [2.45, 2.75) is 44.4 Å². The van der Waals surface area contributed by atoms with E-state index in [-0.39, 0.29) is 11.1 Å². The summed E-state index contributed by atoms with van der Waals surface area (Å²) in [5.74, 6) is -4.09. The van der Waals surface area contributed by atoms with Gasteiger partial charge >= 0.3 is 11.9 Å². The molecular weight excluding hydrogens is 379 g/mol. The second kappa shape index (κ2) is 8.19. The molecule has 0 amide bonds. The lowest BCUT2D eigenvalue weighted by molar-refractivity contribution is -0.323. The predicted octanol–water partition coefficient (Wildman–Crippen LogP) is 2.82. The lowest BCUT2D eigenvalue weighted by atomic mass is 9.88. The van der Waals surface area contributed by atoms with Gasteiger partial charge in [-0.05, 0) is 48.6 Å². The van der Waals surface area contributed by atoms with Crippen molar-refractivity contribution in [1.29, 1.82) is 0 Å². The molecule has 3 rings (SSSR count). The van der Waals surface area contributed by atoms with Gasteiger partial charge in [0.15, 0.2) is 5.67 Å². The highest BCUT2D eigenvalue weighted by Crippen LogP contribution is 2.36. The number of fused-ring (bicyclic) bond motifs is 1. The molecule has 1 fully saturated rings. The van der Waals surface area contributed by atoms with Crippen LogP contribution in [0.3, 0.4) is 0 Å². The van der Waals surface area contributed by atoms with Crippen molar-refractivity contribution in [2.75, 3.05) is 7.11 Å². The Hall–Kier alpha value is -2.96. The molecule has 2 atom stereocenters. The second-order valence-corrected chi connectivity index (χ2v) is 7.47. The Bertz CT molecular complexity index is 945. The van der Waals surface area contributed by atoms with E-state index in [4.69, 9.17) is 9.47 Å². The number of hydrogen-bond donors (Lipinski definition) is 0. The van der Waals surface area contributed by atoms with Crippen molar-refractivity contribution in [3.63, 3.8) is 0 Å². The molecule has 29 heavy (non-hydrogen) atoms. The molecule has 0 saturated heterocycles. The van der Waals surface area contributed by atoms with Gasteiger partial charge < -0.3 is 19.4 Å². The summed E-state index contributed by atoms with van der Waals surface area (Å²) in [6.07, 6.45) is 1.18. The summed E-state index contributed by atoms with van der Waals surface area (Å²) >= 11 is 0. The molecule has 2 aromatic carbocycles. The van der Waals surface area contributed by atoms with E-state index in [0.29, 0.717) is 23.6 Å². The zero-order valence-electron chi connectivity index (χ0n) is 16.3. The number of aliphatic carboxylic acids is 1. The van der Waals surface area contributed by atoms with Crippen LogP contribution in [-0.4, -0.2) is 36.8 Å². The first kappa shape index (κ1) is 20.8. The summed E-state index contributed by atoms with van der Waals surface area (Å²) in [5.41, 5.74) is -2.99. The minimum atomic E-state index is -2.85. The largest absolute Gasteiger partial charge is 0.547 e. The summed E-state index contributed by atoms with van der Waals surface area (Å²) in [5, 5.41) is 12.8. The molecule has 7 heteroatoms. The summed E-state index contributed by atoms with van der Waals surface area (Å²) in [7, 11) is 1.18. The molecule has 1 aliphatic carbocycles. The molecule has 0 N–H and O–H groups in total. The number of carboxylic acids is 1. The monoisotopic (exact) mass is 401 g/mol. The number of ether oxygens (including phenoxy) is 2. The molecule has 0 heterocycles. The molecule has 0 aromatic heterocycles. The standard InChI is InChI=1S/C22H23FO6/c1-22(23,21(26)27)18(13-7-3-4-8-13)29-20(25)17-12-15-10-6-5-9-14(15)11-16(17)19(24)28-2/h5-6,9-13,18H,3-4,7-8H2,1-2H3,(H,26,27)/p-1. The highest BCUT2D eigenvalue weighted by Gasteiger charge is 2.45. The SMILES string of the molecule is COC(=O)c1cc2ccccc2cc1C(=O)OC(C1CCCC1)C(C)(F)C(=O)[O-]. The summed E-state index contributed by atoms with van der Waals surface area (Å²) in [6.45, 7) is 0.847. The predicted molar refractivity (Wildman–Crippen MR) is 101 cm³/mol. The third kappa shape index (κ3) is 4.09. The highest BCUT2D eigenvalue weighted by molar-refractivity contribution is 6.07. The van der Waals surface area contributed by atoms with Crippen LogP contribution in [0.2, 0.25) is 0 Å². The van der Waals surface area contributed by atoms with E-state index in [2.05, 4.69) is 0 Å². The molecule has 0 radical (unpaired) electrons. The third-order valence-electron chi connectivity index (χ3n) is 5.51. The Balaban J connectivity index is 2.02. The summed E-state index contributed by atoms with van der Waals surface area (Å²) in [6, 6.07) is 10.0. The van der Waals surface area contributed by atoms with Crippen molar-refractivity contribution in [3.8, 4) is 0 Å². The van der Waals surface area contributed by atoms with Gasteiger partial charge in [-0.3, -0.25) is 0 Å². The molecule has 0 bridgehead atoms. The smallest absolute Gasteiger partial charge is 0.339 e. The van der Waals surface area contributed by atoms with E-state index in [9.17, 15) is 23.9 Å². The fraction of sp³-hybridized carbons (Fsp3) is 0.409. The molecule has 154 valence electrons. The maximum atomic E-state index is 15.0. The fourth-order valence-corrected chi connectivity index (χ4v) is 3.89. The highest BCUT2D eigenvalue weighted by atomic mass is 19.1. The van der Waals surface area contributed by atoms with Crippen molar-refractivity contribution >= 4 is 28.7 Å². The molecule has 0 aliphatic heterocycles. The van der Waals surface area contributed by atoms with Crippen molar-refractivity contribution < 1.29 is 33.4 Å². The van der Waals surface area contributed by atoms with Crippen LogP contribution in [0, 0.1) is 5.92 Å². The number of alkyl halides is 1. The average Bonchev–Trinajstić information content (AvgIpc) is 3.24. The second-order valence-electron chi connectivity index (χ2n) is 7.47. The average molecular weight is 401 g/mol. The molecular formula is C22H22FO6-. The quantitative estimate of drug-likeness (QED) is 0.691. The molecule has 2 unspecified atom stereocenters. The van der Waals surface area contributed by atoms with Gasteiger partial charge in [0, 0.05) is 0 Å². The lowest BCUT2D eigenvalue weighted by Gasteiger charge is -2.34. The maximum Gasteiger partial charge on any atom is 0.339 e. The van der Waals surface area contributed by atoms with Gasteiger partial charge in [-0.2, -0.15) is 0 Å². The molecule has 0 spiro atoms. The van der Waals surface area contributed by atoms with Crippen LogP contribution in [-0.2, 0) is 14.3 Å². The zero-order valence-corrected chi connectivity index (χ0v) is 16.3. The number of carbonyl (C=O) groups is 3. The first-order chi connectivity index (χ1) is 13.8. The van der Waals surface area contributed by atoms with Crippen molar-refractivity contribution in [3.05, 3.63) is 47.5 Å². The Morgan fingerprint density at radius 3 is 2.07 bits per heavy atom. The lowest BCUT2D eigenvalue weighted by Crippen LogP contribution is -2.54. The molecule has 6 nitrogen and oxygen atoms in total. The molecule has 2 aromatic rings. The Kier molecular flexibility index (Phi) is 5.86. The summed E-state index contributed by atoms with van der Waals surface area (Å²) in [4.78, 5) is 36.6. The Morgan fingerprint density at radius 1 is 1.07 bits per heavy atom. The first-order valence-electron chi connectivity index (χ1n) is 9.48. The van der Waals surface area contributed by atoms with Gasteiger partial charge in [0.2, 0.25) is 0 Å². The van der Waals surface area contributed by atoms with Crippen LogP contribution >= 0.6 is 0 Å². The van der Waals surface area contributed by atoms with Crippen LogP contribution in [0.4, 0.5) is 4.39 Å². The zero-order chi connectivity index (χ0) is 21.2. The van der Waals surface area contributed by atoms with Crippen LogP contribution in [0.15, 0.2) is 36.4 Å². The molecule has 1 aliphatic rings. The number of carbonyl (C=O) groups excluding carboxylic acids is 3.